The van der Waals surface area contributed by atoms with Crippen LogP contribution in [0.25, 0.3) is 0 Å². The molecule has 142 valence electrons. The number of halogens is 3. The Balaban J connectivity index is 1.88. The number of aliphatic hydroxyl groups is 1. The van der Waals surface area contributed by atoms with Crippen molar-refractivity contribution in [1.82, 2.24) is 5.01 Å². The topological polar surface area (TPSA) is 62.1 Å². The van der Waals surface area contributed by atoms with Crippen molar-refractivity contribution in [1.29, 1.82) is 0 Å². The van der Waals surface area contributed by atoms with Crippen LogP contribution >= 0.6 is 0 Å². The third kappa shape index (κ3) is 3.06. The summed E-state index contributed by atoms with van der Waals surface area (Å²) in [7, 11) is 1.49. The lowest BCUT2D eigenvalue weighted by molar-refractivity contribution is -0.317. The third-order valence-corrected chi connectivity index (χ3v) is 5.14. The van der Waals surface area contributed by atoms with Crippen LogP contribution in [0.15, 0.2) is 29.4 Å². The first-order chi connectivity index (χ1) is 12.2. The summed E-state index contributed by atoms with van der Waals surface area (Å²) in [5.41, 5.74) is -2.50. The van der Waals surface area contributed by atoms with E-state index < -0.39 is 23.7 Å². The Bertz CT molecular complexity index is 717. The van der Waals surface area contributed by atoms with E-state index in [0.29, 0.717) is 24.2 Å². The number of alkyl halides is 3. The molecule has 5 nitrogen and oxygen atoms in total. The molecule has 1 amide bonds. The Hall–Kier alpha value is -2.09. The third-order valence-electron chi connectivity index (χ3n) is 5.14. The number of benzene rings is 1. The predicted octanol–water partition coefficient (Wildman–Crippen LogP) is 3.12. The minimum absolute atomic E-state index is 0.0319. The summed E-state index contributed by atoms with van der Waals surface area (Å²) in [5.74, 6) is -1.48. The Morgan fingerprint density at radius 2 is 2.04 bits per heavy atom. The van der Waals surface area contributed by atoms with E-state index in [1.165, 1.54) is 7.11 Å². The maximum absolute atomic E-state index is 13.8. The first-order valence-electron chi connectivity index (χ1n) is 8.49. The van der Waals surface area contributed by atoms with Crippen molar-refractivity contribution >= 4 is 11.6 Å². The number of nitrogens with zero attached hydrogens (tertiary/aromatic N) is 2. The number of hydrogen-bond acceptors (Lipinski definition) is 4. The van der Waals surface area contributed by atoms with Crippen LogP contribution in [0.5, 0.6) is 5.75 Å². The first kappa shape index (κ1) is 18.7. The molecule has 1 heterocycles. The fourth-order valence-corrected chi connectivity index (χ4v) is 3.65. The van der Waals surface area contributed by atoms with Gasteiger partial charge in [0.25, 0.3) is 5.72 Å². The summed E-state index contributed by atoms with van der Waals surface area (Å²) in [5, 5.41) is 14.7. The largest absolute Gasteiger partial charge is 0.497 e. The lowest BCUT2D eigenvalue weighted by atomic mass is 9.76. The Morgan fingerprint density at radius 3 is 2.62 bits per heavy atom. The summed E-state index contributed by atoms with van der Waals surface area (Å²) < 4.78 is 46.3. The summed E-state index contributed by atoms with van der Waals surface area (Å²) in [6.07, 6.45) is -4.07. The SMILES string of the molecule is COc1ccc(CC(=O)N2N=C3CC[C@@H](C)C[C@H]3[C@]2(O)C(F)(F)F)cc1. The molecule has 1 saturated carbocycles. The van der Waals surface area contributed by atoms with E-state index in [1.54, 1.807) is 24.3 Å². The second kappa shape index (κ2) is 6.57. The van der Waals surface area contributed by atoms with Crippen molar-refractivity contribution in [2.24, 2.45) is 16.9 Å². The van der Waals surface area contributed by atoms with Crippen LogP contribution in [0.2, 0.25) is 0 Å². The van der Waals surface area contributed by atoms with Gasteiger partial charge in [0.15, 0.2) is 0 Å². The van der Waals surface area contributed by atoms with Crippen LogP contribution in [0.3, 0.4) is 0 Å². The van der Waals surface area contributed by atoms with E-state index in [2.05, 4.69) is 5.10 Å². The number of rotatable bonds is 3. The van der Waals surface area contributed by atoms with Gasteiger partial charge in [-0.05, 0) is 42.9 Å². The highest BCUT2D eigenvalue weighted by atomic mass is 19.4. The summed E-state index contributed by atoms with van der Waals surface area (Å²) in [6, 6.07) is 6.44. The normalized spacial score (nSPS) is 28.5. The van der Waals surface area contributed by atoms with Gasteiger partial charge in [-0.3, -0.25) is 4.79 Å². The number of hydrogen-bond donors (Lipinski definition) is 1. The molecule has 2 aliphatic rings. The zero-order chi connectivity index (χ0) is 19.1. The van der Waals surface area contributed by atoms with Crippen LogP contribution < -0.4 is 4.74 Å². The minimum atomic E-state index is -4.99. The quantitative estimate of drug-likeness (QED) is 0.889. The lowest BCUT2D eigenvalue weighted by Crippen LogP contribution is -2.62. The Labute approximate surface area is 149 Å². The van der Waals surface area contributed by atoms with E-state index in [1.807, 2.05) is 6.92 Å². The van der Waals surface area contributed by atoms with Gasteiger partial charge in [0, 0.05) is 5.71 Å². The van der Waals surface area contributed by atoms with Crippen LogP contribution in [-0.4, -0.2) is 40.7 Å². The Morgan fingerprint density at radius 1 is 1.38 bits per heavy atom. The molecule has 1 N–H and O–H groups in total. The van der Waals surface area contributed by atoms with Gasteiger partial charge in [-0.15, -0.1) is 0 Å². The summed E-state index contributed by atoms with van der Waals surface area (Å²) in [6.45, 7) is 1.84. The molecule has 0 radical (unpaired) electrons. The molecule has 0 unspecified atom stereocenters. The number of carbonyl (C=O) groups excluding carboxylic acids is 1. The molecule has 0 spiro atoms. The van der Waals surface area contributed by atoms with Gasteiger partial charge in [-0.25, -0.2) is 0 Å². The van der Waals surface area contributed by atoms with E-state index in [9.17, 15) is 23.1 Å². The second-order valence-electron chi connectivity index (χ2n) is 6.98. The summed E-state index contributed by atoms with van der Waals surface area (Å²) in [4.78, 5) is 12.6. The van der Waals surface area contributed by atoms with Crippen molar-refractivity contribution in [2.45, 2.75) is 44.5 Å². The maximum atomic E-state index is 13.8. The average Bonchev–Trinajstić information content (AvgIpc) is 2.89. The zero-order valence-electron chi connectivity index (χ0n) is 14.6. The van der Waals surface area contributed by atoms with E-state index in [0.717, 1.165) is 0 Å². The van der Waals surface area contributed by atoms with Gasteiger partial charge in [0.1, 0.15) is 5.75 Å². The molecule has 1 fully saturated rings. The smallest absolute Gasteiger partial charge is 0.439 e. The standard InChI is InChI=1S/C18H21F3N2O3/c1-11-3-8-15-14(9-11)17(25,18(19,20)21)23(22-15)16(24)10-12-4-6-13(26-2)7-5-12/h4-7,11,14,25H,3,8-10H2,1-2H3/t11-,14-,17+/m1/s1. The molecule has 3 rings (SSSR count). The highest BCUT2D eigenvalue weighted by Crippen LogP contribution is 2.49. The molecule has 1 aliphatic carbocycles. The number of methoxy groups -OCH3 is 1. The van der Waals surface area contributed by atoms with Gasteiger partial charge >= 0.3 is 6.18 Å². The molecule has 1 aromatic rings. The van der Waals surface area contributed by atoms with Gasteiger partial charge in [0.2, 0.25) is 5.91 Å². The predicted molar refractivity (Wildman–Crippen MR) is 88.5 cm³/mol. The van der Waals surface area contributed by atoms with E-state index in [-0.39, 0.29) is 29.5 Å². The van der Waals surface area contributed by atoms with Gasteiger partial charge in [-0.1, -0.05) is 19.1 Å². The maximum Gasteiger partial charge on any atom is 0.439 e. The first-order valence-corrected chi connectivity index (χ1v) is 8.49. The number of ether oxygens (including phenoxy) is 1. The molecule has 0 bridgehead atoms. The van der Waals surface area contributed by atoms with Crippen molar-refractivity contribution in [3.05, 3.63) is 29.8 Å². The van der Waals surface area contributed by atoms with Crippen LogP contribution in [0.1, 0.15) is 31.7 Å². The van der Waals surface area contributed by atoms with Crippen LogP contribution in [-0.2, 0) is 11.2 Å². The molecule has 0 aromatic heterocycles. The van der Waals surface area contributed by atoms with Crippen LogP contribution in [0.4, 0.5) is 13.2 Å². The number of amides is 1. The number of fused-ring (bicyclic) bond motifs is 1. The summed E-state index contributed by atoms with van der Waals surface area (Å²) >= 11 is 0. The fourth-order valence-electron chi connectivity index (χ4n) is 3.65. The highest BCUT2D eigenvalue weighted by molar-refractivity contribution is 5.93. The van der Waals surface area contributed by atoms with Crippen molar-refractivity contribution in [3.63, 3.8) is 0 Å². The van der Waals surface area contributed by atoms with Crippen molar-refractivity contribution < 1.29 is 27.8 Å². The van der Waals surface area contributed by atoms with E-state index >= 15 is 0 Å². The van der Waals surface area contributed by atoms with Gasteiger partial charge in [0.05, 0.1) is 19.4 Å². The van der Waals surface area contributed by atoms with E-state index in [4.69, 9.17) is 4.74 Å². The molecular formula is C18H21F3N2O3. The fraction of sp³-hybridized carbons (Fsp3) is 0.556. The molecule has 3 atom stereocenters. The van der Waals surface area contributed by atoms with Gasteiger partial charge in [-0.2, -0.15) is 23.3 Å². The minimum Gasteiger partial charge on any atom is -0.497 e. The highest BCUT2D eigenvalue weighted by Gasteiger charge is 2.68. The lowest BCUT2D eigenvalue weighted by Gasteiger charge is -2.39. The number of hydrazone groups is 1. The molecular weight excluding hydrogens is 349 g/mol. The second-order valence-corrected chi connectivity index (χ2v) is 6.98. The molecule has 1 aromatic carbocycles. The van der Waals surface area contributed by atoms with Crippen molar-refractivity contribution in [2.75, 3.05) is 7.11 Å². The monoisotopic (exact) mass is 370 g/mol. The number of carbonyl (C=O) groups is 1. The van der Waals surface area contributed by atoms with Gasteiger partial charge < -0.3 is 9.84 Å². The van der Waals surface area contributed by atoms with Crippen LogP contribution in [0, 0.1) is 11.8 Å². The molecule has 26 heavy (non-hydrogen) atoms. The Kier molecular flexibility index (Phi) is 4.72. The zero-order valence-corrected chi connectivity index (χ0v) is 14.6. The molecule has 8 heteroatoms. The molecule has 0 saturated heterocycles. The van der Waals surface area contributed by atoms with Crippen molar-refractivity contribution in [3.8, 4) is 5.75 Å². The average molecular weight is 370 g/mol. The molecule has 1 aliphatic heterocycles.